The van der Waals surface area contributed by atoms with Gasteiger partial charge in [0.1, 0.15) is 0 Å². The van der Waals surface area contributed by atoms with Crippen LogP contribution in [0.25, 0.3) is 0 Å². The zero-order valence-corrected chi connectivity index (χ0v) is 11.8. The first-order valence-corrected chi connectivity index (χ1v) is 6.76. The molecule has 100 valence electrons. The van der Waals surface area contributed by atoms with Crippen molar-refractivity contribution < 1.29 is 4.74 Å². The summed E-state index contributed by atoms with van der Waals surface area (Å²) in [5.41, 5.74) is 8.24. The van der Waals surface area contributed by atoms with Gasteiger partial charge in [-0.1, -0.05) is 23.7 Å². The molecular formula is C14H21ClN2O. The summed E-state index contributed by atoms with van der Waals surface area (Å²) in [6, 6.07) is 6.46. The quantitative estimate of drug-likeness (QED) is 0.911. The lowest BCUT2D eigenvalue weighted by Crippen LogP contribution is -2.33. The minimum absolute atomic E-state index is 0.239. The molecule has 4 heteroatoms. The van der Waals surface area contributed by atoms with Crippen LogP contribution in [0, 0.1) is 6.92 Å². The number of halogens is 1. The maximum absolute atomic E-state index is 6.19. The second-order valence-corrected chi connectivity index (χ2v) is 5.31. The van der Waals surface area contributed by atoms with Crippen molar-refractivity contribution >= 4 is 11.6 Å². The molecule has 1 aliphatic heterocycles. The van der Waals surface area contributed by atoms with Crippen LogP contribution in [0.4, 0.5) is 0 Å². The van der Waals surface area contributed by atoms with E-state index in [2.05, 4.69) is 17.0 Å². The standard InChI is InChI=1S/C14H21ClN2O/c1-10-3-4-11(7-13(10)15)14(8-16)17-6-5-12(9-17)18-2/h3-4,7,12,14H,5-6,8-9,16H2,1-2H3. The minimum Gasteiger partial charge on any atom is -0.380 e. The van der Waals surface area contributed by atoms with Gasteiger partial charge in [0.2, 0.25) is 0 Å². The topological polar surface area (TPSA) is 38.5 Å². The third kappa shape index (κ3) is 2.86. The molecule has 1 saturated heterocycles. The fourth-order valence-electron chi connectivity index (χ4n) is 2.54. The number of benzene rings is 1. The fraction of sp³-hybridized carbons (Fsp3) is 0.571. The Labute approximate surface area is 114 Å². The molecule has 0 bridgehead atoms. The summed E-state index contributed by atoms with van der Waals surface area (Å²) in [5.74, 6) is 0. The summed E-state index contributed by atoms with van der Waals surface area (Å²) in [4.78, 5) is 2.38. The van der Waals surface area contributed by atoms with Gasteiger partial charge in [-0.15, -0.1) is 0 Å². The van der Waals surface area contributed by atoms with E-state index >= 15 is 0 Å². The monoisotopic (exact) mass is 268 g/mol. The van der Waals surface area contributed by atoms with Crippen molar-refractivity contribution in [2.45, 2.75) is 25.5 Å². The highest BCUT2D eigenvalue weighted by Gasteiger charge is 2.28. The molecule has 1 heterocycles. The average molecular weight is 269 g/mol. The summed E-state index contributed by atoms with van der Waals surface area (Å²) in [6.45, 7) is 4.60. The third-order valence-electron chi connectivity index (χ3n) is 3.75. The van der Waals surface area contributed by atoms with E-state index in [-0.39, 0.29) is 6.04 Å². The van der Waals surface area contributed by atoms with Crippen LogP contribution < -0.4 is 5.73 Å². The van der Waals surface area contributed by atoms with E-state index in [4.69, 9.17) is 22.1 Å². The van der Waals surface area contributed by atoms with Crippen molar-refractivity contribution in [2.75, 3.05) is 26.7 Å². The highest BCUT2D eigenvalue weighted by molar-refractivity contribution is 6.31. The van der Waals surface area contributed by atoms with Crippen LogP contribution in [0.15, 0.2) is 18.2 Å². The first-order valence-electron chi connectivity index (χ1n) is 6.38. The Kier molecular flexibility index (Phi) is 4.62. The zero-order valence-electron chi connectivity index (χ0n) is 11.0. The normalized spacial score (nSPS) is 22.3. The highest BCUT2D eigenvalue weighted by Crippen LogP contribution is 2.28. The fourth-order valence-corrected chi connectivity index (χ4v) is 2.73. The van der Waals surface area contributed by atoms with E-state index in [1.165, 1.54) is 5.56 Å². The van der Waals surface area contributed by atoms with Crippen LogP contribution in [0.2, 0.25) is 5.02 Å². The molecule has 3 nitrogen and oxygen atoms in total. The summed E-state index contributed by atoms with van der Waals surface area (Å²) in [6.07, 6.45) is 1.41. The molecule has 2 N–H and O–H groups in total. The number of ether oxygens (including phenoxy) is 1. The SMILES string of the molecule is COC1CCN(C(CN)c2ccc(C)c(Cl)c2)C1. The number of hydrogen-bond acceptors (Lipinski definition) is 3. The van der Waals surface area contributed by atoms with Crippen molar-refractivity contribution in [3.63, 3.8) is 0 Å². The Morgan fingerprint density at radius 2 is 2.33 bits per heavy atom. The molecule has 0 aliphatic carbocycles. The third-order valence-corrected chi connectivity index (χ3v) is 4.16. The lowest BCUT2D eigenvalue weighted by molar-refractivity contribution is 0.101. The van der Waals surface area contributed by atoms with Crippen LogP contribution in [-0.4, -0.2) is 37.7 Å². The van der Waals surface area contributed by atoms with Gasteiger partial charge >= 0.3 is 0 Å². The van der Waals surface area contributed by atoms with Crippen LogP contribution in [0.5, 0.6) is 0 Å². The van der Waals surface area contributed by atoms with Crippen LogP contribution in [0.1, 0.15) is 23.6 Å². The predicted octanol–water partition coefficient (Wildman–Crippen LogP) is 2.37. The Bertz CT molecular complexity index is 411. The minimum atomic E-state index is 0.239. The van der Waals surface area contributed by atoms with Gasteiger partial charge in [-0.05, 0) is 30.5 Å². The van der Waals surface area contributed by atoms with Gasteiger partial charge in [-0.2, -0.15) is 0 Å². The number of aryl methyl sites for hydroxylation is 1. The van der Waals surface area contributed by atoms with E-state index in [0.29, 0.717) is 12.6 Å². The summed E-state index contributed by atoms with van der Waals surface area (Å²) in [7, 11) is 1.77. The number of rotatable bonds is 4. The van der Waals surface area contributed by atoms with Gasteiger partial charge in [0, 0.05) is 37.8 Å². The van der Waals surface area contributed by atoms with Crippen molar-refractivity contribution in [3.05, 3.63) is 34.3 Å². The van der Waals surface area contributed by atoms with E-state index < -0.39 is 0 Å². The second-order valence-electron chi connectivity index (χ2n) is 4.90. The molecule has 0 radical (unpaired) electrons. The van der Waals surface area contributed by atoms with E-state index in [9.17, 15) is 0 Å². The van der Waals surface area contributed by atoms with E-state index in [0.717, 1.165) is 30.1 Å². The Hall–Kier alpha value is -0.610. The maximum Gasteiger partial charge on any atom is 0.0710 e. The summed E-state index contributed by atoms with van der Waals surface area (Å²) >= 11 is 6.19. The number of methoxy groups -OCH3 is 1. The molecule has 0 saturated carbocycles. The summed E-state index contributed by atoms with van der Waals surface area (Å²) in [5, 5.41) is 0.813. The Morgan fingerprint density at radius 1 is 1.56 bits per heavy atom. The van der Waals surface area contributed by atoms with E-state index in [1.54, 1.807) is 7.11 Å². The Morgan fingerprint density at radius 3 is 2.89 bits per heavy atom. The molecule has 1 aliphatic rings. The largest absolute Gasteiger partial charge is 0.380 e. The van der Waals surface area contributed by atoms with Gasteiger partial charge in [0.15, 0.2) is 0 Å². The molecule has 0 spiro atoms. The molecular weight excluding hydrogens is 248 g/mol. The maximum atomic E-state index is 6.19. The average Bonchev–Trinajstić information content (AvgIpc) is 2.83. The molecule has 1 aromatic carbocycles. The molecule has 1 fully saturated rings. The lowest BCUT2D eigenvalue weighted by atomic mass is 10.0. The number of nitrogens with zero attached hydrogens (tertiary/aromatic N) is 1. The predicted molar refractivity (Wildman–Crippen MR) is 75.0 cm³/mol. The number of nitrogens with two attached hydrogens (primary N) is 1. The molecule has 2 atom stereocenters. The summed E-state index contributed by atoms with van der Waals surface area (Å²) < 4.78 is 5.41. The van der Waals surface area contributed by atoms with Gasteiger partial charge in [-0.3, -0.25) is 4.90 Å². The van der Waals surface area contributed by atoms with Crippen LogP contribution in [0.3, 0.4) is 0 Å². The first-order chi connectivity index (χ1) is 8.65. The van der Waals surface area contributed by atoms with Gasteiger partial charge in [0.25, 0.3) is 0 Å². The molecule has 0 amide bonds. The molecule has 2 unspecified atom stereocenters. The van der Waals surface area contributed by atoms with Crippen molar-refractivity contribution in [2.24, 2.45) is 5.73 Å². The van der Waals surface area contributed by atoms with Crippen molar-refractivity contribution in [1.29, 1.82) is 0 Å². The van der Waals surface area contributed by atoms with Gasteiger partial charge in [-0.25, -0.2) is 0 Å². The lowest BCUT2D eigenvalue weighted by Gasteiger charge is -2.27. The van der Waals surface area contributed by atoms with Crippen LogP contribution >= 0.6 is 11.6 Å². The van der Waals surface area contributed by atoms with Gasteiger partial charge in [0.05, 0.1) is 6.10 Å². The smallest absolute Gasteiger partial charge is 0.0710 e. The molecule has 0 aromatic heterocycles. The molecule has 1 aromatic rings. The van der Waals surface area contributed by atoms with Crippen molar-refractivity contribution in [1.82, 2.24) is 4.90 Å². The molecule has 18 heavy (non-hydrogen) atoms. The van der Waals surface area contributed by atoms with Gasteiger partial charge < -0.3 is 10.5 Å². The first kappa shape index (κ1) is 13.8. The molecule has 2 rings (SSSR count). The second kappa shape index (κ2) is 6.02. The Balaban J connectivity index is 2.15. The number of hydrogen-bond donors (Lipinski definition) is 1. The number of likely N-dealkylation sites (tertiary alicyclic amines) is 1. The zero-order chi connectivity index (χ0) is 13.1. The van der Waals surface area contributed by atoms with E-state index in [1.807, 2.05) is 13.0 Å². The van der Waals surface area contributed by atoms with Crippen molar-refractivity contribution in [3.8, 4) is 0 Å². The highest BCUT2D eigenvalue weighted by atomic mass is 35.5. The van der Waals surface area contributed by atoms with Crippen LogP contribution in [-0.2, 0) is 4.74 Å².